The van der Waals surface area contributed by atoms with Crippen LogP contribution in [0.5, 0.6) is 5.75 Å². The molecule has 2 aromatic carbocycles. The molecule has 9 heteroatoms. The predicted molar refractivity (Wildman–Crippen MR) is 83.5 cm³/mol. The highest BCUT2D eigenvalue weighted by Crippen LogP contribution is 2.35. The Morgan fingerprint density at radius 2 is 1.88 bits per heavy atom. The Morgan fingerprint density at radius 1 is 1.17 bits per heavy atom. The fourth-order valence-corrected chi connectivity index (χ4v) is 3.39. The number of hydrogen-bond donors (Lipinski definition) is 1. The Hall–Kier alpha value is -1.77. The summed E-state index contributed by atoms with van der Waals surface area (Å²) in [5.74, 6) is 0.508. The van der Waals surface area contributed by atoms with E-state index in [4.69, 9.17) is 16.3 Å². The molecule has 0 aliphatic rings. The quantitative estimate of drug-likeness (QED) is 0.858. The molecular formula is C15H13ClF3NO3S. The van der Waals surface area contributed by atoms with E-state index in [0.717, 1.165) is 12.1 Å². The van der Waals surface area contributed by atoms with Gasteiger partial charge in [0.1, 0.15) is 5.75 Å². The normalized spacial score (nSPS) is 12.2. The van der Waals surface area contributed by atoms with E-state index in [9.17, 15) is 21.6 Å². The summed E-state index contributed by atoms with van der Waals surface area (Å²) in [6, 6.07) is 9.02. The Labute approximate surface area is 142 Å². The first-order valence-corrected chi connectivity index (χ1v) is 8.49. The molecule has 24 heavy (non-hydrogen) atoms. The minimum absolute atomic E-state index is 0.181. The molecule has 0 heterocycles. The molecule has 0 aliphatic carbocycles. The van der Waals surface area contributed by atoms with Crippen LogP contribution in [0.25, 0.3) is 0 Å². The molecule has 0 unspecified atom stereocenters. The molecule has 0 saturated carbocycles. The number of ether oxygens (including phenoxy) is 1. The minimum atomic E-state index is -4.84. The molecule has 0 radical (unpaired) electrons. The van der Waals surface area contributed by atoms with Crippen LogP contribution in [-0.2, 0) is 22.7 Å². The molecular weight excluding hydrogens is 367 g/mol. The summed E-state index contributed by atoms with van der Waals surface area (Å²) in [6.45, 7) is -0.181. The molecule has 0 aliphatic heterocycles. The van der Waals surface area contributed by atoms with Crippen molar-refractivity contribution in [3.63, 3.8) is 0 Å². The van der Waals surface area contributed by atoms with Crippen LogP contribution in [0.3, 0.4) is 0 Å². The summed E-state index contributed by atoms with van der Waals surface area (Å²) >= 11 is 5.55. The van der Waals surface area contributed by atoms with Crippen molar-refractivity contribution in [3.05, 3.63) is 58.6 Å². The summed E-state index contributed by atoms with van der Waals surface area (Å²) in [5.41, 5.74) is -0.770. The highest BCUT2D eigenvalue weighted by atomic mass is 35.5. The van der Waals surface area contributed by atoms with E-state index in [0.29, 0.717) is 17.4 Å². The van der Waals surface area contributed by atoms with Gasteiger partial charge in [-0.3, -0.25) is 0 Å². The van der Waals surface area contributed by atoms with E-state index in [-0.39, 0.29) is 11.6 Å². The maximum absolute atomic E-state index is 13.1. The van der Waals surface area contributed by atoms with E-state index in [1.807, 2.05) is 0 Å². The van der Waals surface area contributed by atoms with E-state index < -0.39 is 26.7 Å². The van der Waals surface area contributed by atoms with Crippen molar-refractivity contribution in [2.45, 2.75) is 17.6 Å². The topological polar surface area (TPSA) is 55.4 Å². The van der Waals surface area contributed by atoms with Gasteiger partial charge in [0, 0.05) is 11.6 Å². The summed E-state index contributed by atoms with van der Waals surface area (Å²) in [4.78, 5) is -0.873. The zero-order chi connectivity index (χ0) is 18.0. The van der Waals surface area contributed by atoms with Crippen molar-refractivity contribution in [2.24, 2.45) is 0 Å². The number of sulfonamides is 1. The lowest BCUT2D eigenvalue weighted by Gasteiger charge is -2.14. The van der Waals surface area contributed by atoms with Gasteiger partial charge >= 0.3 is 6.18 Å². The molecule has 0 aromatic heterocycles. The third-order valence-corrected chi connectivity index (χ3v) is 4.83. The number of hydrogen-bond acceptors (Lipinski definition) is 3. The van der Waals surface area contributed by atoms with Crippen LogP contribution in [0, 0.1) is 0 Å². The molecule has 0 atom stereocenters. The van der Waals surface area contributed by atoms with Gasteiger partial charge in [0.15, 0.2) is 0 Å². The fourth-order valence-electron chi connectivity index (χ4n) is 2.00. The number of halogens is 4. The summed E-state index contributed by atoms with van der Waals surface area (Å²) in [7, 11) is -2.93. The van der Waals surface area contributed by atoms with Gasteiger partial charge in [-0.1, -0.05) is 23.7 Å². The summed E-state index contributed by atoms with van der Waals surface area (Å²) in [6.07, 6.45) is -4.84. The molecule has 0 bridgehead atoms. The second kappa shape index (κ2) is 7.00. The number of benzene rings is 2. The average molecular weight is 380 g/mol. The Morgan fingerprint density at radius 3 is 2.50 bits per heavy atom. The molecule has 0 saturated heterocycles. The standard InChI is InChI=1S/C15H13ClF3NO3S/c1-23-12-4-2-3-10(7-12)9-20-24(21,22)14-6-5-11(16)8-13(14)15(17,18)19/h2-8,20H,9H2,1H3. The van der Waals surface area contributed by atoms with Crippen LogP contribution < -0.4 is 9.46 Å². The van der Waals surface area contributed by atoms with Gasteiger partial charge < -0.3 is 4.74 Å². The van der Waals surface area contributed by atoms with Gasteiger partial charge in [-0.2, -0.15) is 13.2 Å². The predicted octanol–water partition coefficient (Wildman–Crippen LogP) is 3.85. The maximum Gasteiger partial charge on any atom is 0.417 e. The SMILES string of the molecule is COc1cccc(CNS(=O)(=O)c2ccc(Cl)cc2C(F)(F)F)c1. The highest BCUT2D eigenvalue weighted by Gasteiger charge is 2.37. The Balaban J connectivity index is 2.31. The van der Waals surface area contributed by atoms with Crippen LogP contribution in [0.4, 0.5) is 13.2 Å². The van der Waals surface area contributed by atoms with Gasteiger partial charge in [0.25, 0.3) is 0 Å². The molecule has 0 spiro atoms. The van der Waals surface area contributed by atoms with E-state index in [1.54, 1.807) is 24.3 Å². The van der Waals surface area contributed by atoms with Crippen LogP contribution in [0.15, 0.2) is 47.4 Å². The second-order valence-electron chi connectivity index (χ2n) is 4.81. The molecule has 2 aromatic rings. The second-order valence-corrected chi connectivity index (χ2v) is 6.99. The van der Waals surface area contributed by atoms with Gasteiger partial charge in [-0.15, -0.1) is 0 Å². The molecule has 2 rings (SSSR count). The third kappa shape index (κ3) is 4.40. The van der Waals surface area contributed by atoms with Gasteiger partial charge in [0.2, 0.25) is 10.0 Å². The smallest absolute Gasteiger partial charge is 0.417 e. The largest absolute Gasteiger partial charge is 0.497 e. The highest BCUT2D eigenvalue weighted by molar-refractivity contribution is 7.89. The van der Waals surface area contributed by atoms with Crippen LogP contribution in [-0.4, -0.2) is 15.5 Å². The van der Waals surface area contributed by atoms with Crippen LogP contribution in [0.2, 0.25) is 5.02 Å². The van der Waals surface area contributed by atoms with Gasteiger partial charge in [-0.05, 0) is 35.9 Å². The zero-order valence-electron chi connectivity index (χ0n) is 12.4. The molecule has 130 valence electrons. The Bertz CT molecular complexity index is 838. The first-order chi connectivity index (χ1) is 11.1. The van der Waals surface area contributed by atoms with Crippen LogP contribution in [0.1, 0.15) is 11.1 Å². The van der Waals surface area contributed by atoms with Crippen molar-refractivity contribution >= 4 is 21.6 Å². The molecule has 0 fully saturated rings. The van der Waals surface area contributed by atoms with E-state index in [1.165, 1.54) is 7.11 Å². The zero-order valence-corrected chi connectivity index (χ0v) is 14.0. The fraction of sp³-hybridized carbons (Fsp3) is 0.200. The number of nitrogens with one attached hydrogen (secondary N) is 1. The van der Waals surface area contributed by atoms with Crippen molar-refractivity contribution in [1.82, 2.24) is 4.72 Å². The monoisotopic (exact) mass is 379 g/mol. The lowest BCUT2D eigenvalue weighted by molar-refractivity contribution is -0.139. The van der Waals surface area contributed by atoms with E-state index >= 15 is 0 Å². The number of alkyl halides is 3. The van der Waals surface area contributed by atoms with Gasteiger partial charge in [0.05, 0.1) is 17.6 Å². The first-order valence-electron chi connectivity index (χ1n) is 6.63. The third-order valence-electron chi connectivity index (χ3n) is 3.14. The molecule has 1 N–H and O–H groups in total. The van der Waals surface area contributed by atoms with Gasteiger partial charge in [-0.25, -0.2) is 13.1 Å². The molecule has 4 nitrogen and oxygen atoms in total. The van der Waals surface area contributed by atoms with Crippen molar-refractivity contribution < 1.29 is 26.3 Å². The first kappa shape index (κ1) is 18.6. The molecule has 0 amide bonds. The lowest BCUT2D eigenvalue weighted by Crippen LogP contribution is -2.26. The van der Waals surface area contributed by atoms with Crippen molar-refractivity contribution in [1.29, 1.82) is 0 Å². The van der Waals surface area contributed by atoms with Crippen molar-refractivity contribution in [3.8, 4) is 5.75 Å². The lowest BCUT2D eigenvalue weighted by atomic mass is 10.2. The minimum Gasteiger partial charge on any atom is -0.497 e. The Kier molecular flexibility index (Phi) is 5.42. The van der Waals surface area contributed by atoms with Crippen molar-refractivity contribution in [2.75, 3.05) is 7.11 Å². The summed E-state index contributed by atoms with van der Waals surface area (Å²) < 4.78 is 70.8. The summed E-state index contributed by atoms with van der Waals surface area (Å²) in [5, 5.41) is -0.200. The number of methoxy groups -OCH3 is 1. The number of rotatable bonds is 5. The average Bonchev–Trinajstić information content (AvgIpc) is 2.52. The maximum atomic E-state index is 13.1. The van der Waals surface area contributed by atoms with E-state index in [2.05, 4.69) is 4.72 Å². The van der Waals surface area contributed by atoms with Crippen LogP contribution >= 0.6 is 11.6 Å².